The van der Waals surface area contributed by atoms with E-state index in [0.29, 0.717) is 17.8 Å². The molecule has 1 aromatic heterocycles. The van der Waals surface area contributed by atoms with Crippen LogP contribution < -0.4 is 4.57 Å². The van der Waals surface area contributed by atoms with Gasteiger partial charge < -0.3 is 0 Å². The van der Waals surface area contributed by atoms with Crippen LogP contribution in [-0.4, -0.2) is 4.57 Å². The summed E-state index contributed by atoms with van der Waals surface area (Å²) in [5.74, 6) is 2.59. The molecule has 0 unspecified atom stereocenters. The molecule has 0 spiro atoms. The first-order valence-corrected chi connectivity index (χ1v) is 14.5. The number of fused-ring (bicyclic) bond motifs is 1. The van der Waals surface area contributed by atoms with Crippen molar-refractivity contribution in [2.24, 2.45) is 0 Å². The monoisotopic (exact) mass is 515 g/mol. The molecule has 0 aliphatic carbocycles. The second-order valence-corrected chi connectivity index (χ2v) is 12.0. The van der Waals surface area contributed by atoms with Crippen molar-refractivity contribution >= 4 is 11.0 Å². The van der Waals surface area contributed by atoms with Crippen molar-refractivity contribution in [2.45, 2.75) is 80.1 Å². The number of benzene rings is 4. The van der Waals surface area contributed by atoms with Gasteiger partial charge in [-0.3, -0.25) is 0 Å². The fraction of sp³-hybridized carbons (Fsp3) is 0.324. The number of nitrogens with zero attached hydrogens (tertiary/aromatic N) is 2. The van der Waals surface area contributed by atoms with Gasteiger partial charge in [-0.25, -0.2) is 0 Å². The molecule has 0 aliphatic rings. The zero-order valence-electron chi connectivity index (χ0n) is 25.1. The minimum Gasteiger partial charge on any atom is -0.192 e. The Hall–Kier alpha value is -3.65. The number of imidazole rings is 1. The summed E-state index contributed by atoms with van der Waals surface area (Å²) in [6.45, 7) is 20.7. The van der Waals surface area contributed by atoms with Gasteiger partial charge in [0, 0.05) is 6.92 Å². The van der Waals surface area contributed by atoms with Gasteiger partial charge in [-0.05, 0) is 101 Å². The maximum Gasteiger partial charge on any atom is 0.264 e. The lowest BCUT2D eigenvalue weighted by Crippen LogP contribution is -2.34. The highest BCUT2D eigenvalue weighted by Gasteiger charge is 2.27. The Kier molecular flexibility index (Phi) is 7.25. The molecule has 0 saturated heterocycles. The molecule has 0 bridgehead atoms. The molecule has 39 heavy (non-hydrogen) atoms. The predicted octanol–water partition coefficient (Wildman–Crippen LogP) is 9.87. The molecule has 2 nitrogen and oxygen atoms in total. The number of hydrogen-bond acceptors (Lipinski definition) is 0. The van der Waals surface area contributed by atoms with Gasteiger partial charge in [-0.15, -0.1) is 0 Å². The third-order valence-electron chi connectivity index (χ3n) is 8.33. The number of rotatable bonds is 6. The smallest absolute Gasteiger partial charge is 0.192 e. The van der Waals surface area contributed by atoms with E-state index in [1.807, 2.05) is 0 Å². The Morgan fingerprint density at radius 2 is 1.23 bits per heavy atom. The number of aromatic nitrogens is 2. The van der Waals surface area contributed by atoms with Crippen molar-refractivity contribution in [2.75, 3.05) is 0 Å². The summed E-state index contributed by atoms with van der Waals surface area (Å²) in [7, 11) is 0. The Balaban J connectivity index is 1.84. The van der Waals surface area contributed by atoms with Crippen molar-refractivity contribution in [1.82, 2.24) is 4.57 Å². The minimum absolute atomic E-state index is 0.440. The average molecular weight is 516 g/mol. The summed E-state index contributed by atoms with van der Waals surface area (Å²) in [5.41, 5.74) is 14.6. The van der Waals surface area contributed by atoms with E-state index in [4.69, 9.17) is 0 Å². The highest BCUT2D eigenvalue weighted by atomic mass is 15.2. The molecule has 200 valence electrons. The molecule has 4 aromatic carbocycles. The number of hydrogen-bond donors (Lipinski definition) is 0. The van der Waals surface area contributed by atoms with Crippen LogP contribution in [0.2, 0.25) is 0 Å². The van der Waals surface area contributed by atoms with Crippen LogP contribution in [0.1, 0.15) is 92.9 Å². The summed E-state index contributed by atoms with van der Waals surface area (Å²) in [6.07, 6.45) is 0. The van der Waals surface area contributed by atoms with Crippen molar-refractivity contribution in [3.63, 3.8) is 0 Å². The van der Waals surface area contributed by atoms with E-state index in [-0.39, 0.29) is 0 Å². The minimum atomic E-state index is 0.440. The summed E-state index contributed by atoms with van der Waals surface area (Å²) >= 11 is 0. The van der Waals surface area contributed by atoms with Gasteiger partial charge in [0.2, 0.25) is 0 Å². The highest BCUT2D eigenvalue weighted by Crippen LogP contribution is 2.40. The largest absolute Gasteiger partial charge is 0.264 e. The molecule has 0 fully saturated rings. The van der Waals surface area contributed by atoms with Crippen LogP contribution in [0.5, 0.6) is 0 Å². The second kappa shape index (κ2) is 10.5. The van der Waals surface area contributed by atoms with Crippen LogP contribution in [0.3, 0.4) is 0 Å². The fourth-order valence-corrected chi connectivity index (χ4v) is 6.00. The molecule has 0 atom stereocenters. The molecular weight excluding hydrogens is 472 g/mol. The SMILES string of the molecule is Cc1cc(-c2c(C(C)C)cc(C(C)C)cc2C(C)C)cc(-[n+]2c(C)n(-c3ccccc3)c3ccccc32)c1C. The number of para-hydroxylation sites is 3. The molecule has 2 heteroatoms. The first-order valence-electron chi connectivity index (χ1n) is 14.5. The van der Waals surface area contributed by atoms with Gasteiger partial charge in [-0.2, -0.15) is 9.13 Å². The lowest BCUT2D eigenvalue weighted by molar-refractivity contribution is -0.575. The Morgan fingerprint density at radius 1 is 0.641 bits per heavy atom. The lowest BCUT2D eigenvalue weighted by atomic mass is 9.81. The first-order chi connectivity index (χ1) is 18.6. The zero-order valence-corrected chi connectivity index (χ0v) is 25.1. The molecular formula is C37H43N2+. The van der Waals surface area contributed by atoms with E-state index in [1.165, 1.54) is 67.2 Å². The molecule has 5 aromatic rings. The van der Waals surface area contributed by atoms with Crippen molar-refractivity contribution in [3.8, 4) is 22.5 Å². The van der Waals surface area contributed by atoms with Gasteiger partial charge in [-0.1, -0.05) is 90.1 Å². The molecule has 0 N–H and O–H groups in total. The first kappa shape index (κ1) is 26.9. The van der Waals surface area contributed by atoms with Crippen molar-refractivity contribution in [1.29, 1.82) is 0 Å². The lowest BCUT2D eigenvalue weighted by Gasteiger charge is -2.24. The molecule has 5 rings (SSSR count). The number of aryl methyl sites for hydroxylation is 1. The van der Waals surface area contributed by atoms with Crippen LogP contribution in [-0.2, 0) is 0 Å². The Morgan fingerprint density at radius 3 is 1.82 bits per heavy atom. The average Bonchev–Trinajstić information content (AvgIpc) is 3.21. The summed E-state index contributed by atoms with van der Waals surface area (Å²) in [5, 5.41) is 0. The summed E-state index contributed by atoms with van der Waals surface area (Å²) < 4.78 is 4.84. The molecule has 0 aliphatic heterocycles. The van der Waals surface area contributed by atoms with Crippen molar-refractivity contribution in [3.05, 3.63) is 113 Å². The Labute approximate surface area is 235 Å². The highest BCUT2D eigenvalue weighted by molar-refractivity contribution is 5.78. The van der Waals surface area contributed by atoms with E-state index in [9.17, 15) is 0 Å². The zero-order chi connectivity index (χ0) is 28.0. The Bertz CT molecular complexity index is 1620. The topological polar surface area (TPSA) is 8.81 Å². The van der Waals surface area contributed by atoms with E-state index < -0.39 is 0 Å². The standard InChI is InChI=1S/C37H43N2/c1-23(2)29-20-32(24(3)4)37(33(21-29)25(5)6)30-19-26(7)27(8)36(22-30)39-28(9)38(31-15-11-10-12-16-31)34-17-13-14-18-35(34)39/h10-25H,1-9H3/q+1. The van der Waals surface area contributed by atoms with Gasteiger partial charge in [0.25, 0.3) is 5.82 Å². The van der Waals surface area contributed by atoms with E-state index in [1.54, 1.807) is 0 Å². The van der Waals surface area contributed by atoms with Crippen LogP contribution in [0, 0.1) is 20.8 Å². The van der Waals surface area contributed by atoms with E-state index >= 15 is 0 Å². The van der Waals surface area contributed by atoms with Crippen LogP contribution in [0.4, 0.5) is 0 Å². The van der Waals surface area contributed by atoms with Gasteiger partial charge in [0.05, 0.1) is 0 Å². The molecule has 0 radical (unpaired) electrons. The van der Waals surface area contributed by atoms with E-state index in [0.717, 1.165) is 0 Å². The van der Waals surface area contributed by atoms with Crippen LogP contribution in [0.25, 0.3) is 33.5 Å². The van der Waals surface area contributed by atoms with Gasteiger partial charge >= 0.3 is 0 Å². The third-order valence-corrected chi connectivity index (χ3v) is 8.33. The molecule has 0 saturated carbocycles. The van der Waals surface area contributed by atoms with Crippen molar-refractivity contribution < 1.29 is 4.57 Å². The third kappa shape index (κ3) is 4.71. The maximum atomic E-state index is 2.46. The second-order valence-electron chi connectivity index (χ2n) is 12.0. The predicted molar refractivity (Wildman–Crippen MR) is 167 cm³/mol. The quantitative estimate of drug-likeness (QED) is 0.199. The maximum absolute atomic E-state index is 2.46. The van der Waals surface area contributed by atoms with Crippen LogP contribution in [0.15, 0.2) is 78.9 Å². The van der Waals surface area contributed by atoms with Gasteiger partial charge in [0.15, 0.2) is 11.0 Å². The molecule has 0 amide bonds. The normalized spacial score (nSPS) is 11.9. The molecule has 1 heterocycles. The van der Waals surface area contributed by atoms with E-state index in [2.05, 4.69) is 150 Å². The fourth-order valence-electron chi connectivity index (χ4n) is 6.00. The van der Waals surface area contributed by atoms with Gasteiger partial charge in [0.1, 0.15) is 11.4 Å². The summed E-state index contributed by atoms with van der Waals surface area (Å²) in [4.78, 5) is 0. The summed E-state index contributed by atoms with van der Waals surface area (Å²) in [6, 6.07) is 29.3. The van der Waals surface area contributed by atoms with Crippen LogP contribution >= 0.6 is 0 Å².